The summed E-state index contributed by atoms with van der Waals surface area (Å²) >= 11 is 5.46. The Morgan fingerprint density at radius 3 is 2.50 bits per heavy atom. The van der Waals surface area contributed by atoms with Gasteiger partial charge in [-0.15, -0.1) is 0 Å². The van der Waals surface area contributed by atoms with Crippen molar-refractivity contribution in [2.45, 2.75) is 0 Å². The Bertz CT molecular complexity index is 234. The van der Waals surface area contributed by atoms with Crippen LogP contribution in [-0.4, -0.2) is 19.3 Å². The molecule has 0 saturated heterocycles. The Hall–Kier alpha value is -0.970. The molecule has 5 nitrogen and oxygen atoms in total. The molecule has 0 spiro atoms. The monoisotopic (exact) mass is 163 g/mol. The highest BCUT2D eigenvalue weighted by Crippen LogP contribution is 2.15. The van der Waals surface area contributed by atoms with Crippen LogP contribution in [0.15, 0.2) is 4.63 Å². The molecule has 0 bridgehead atoms. The Morgan fingerprint density at radius 1 is 1.70 bits per heavy atom. The second-order valence-electron chi connectivity index (χ2n) is 1.94. The standard InChI is InChI=1S/C4H6ClN3O2/c1-7(2)4-3(5)8(9)10-6-4/h1-2H3. The van der Waals surface area contributed by atoms with Gasteiger partial charge >= 0.3 is 11.0 Å². The summed E-state index contributed by atoms with van der Waals surface area (Å²) in [5, 5.41) is 13.8. The molecule has 1 rings (SSSR count). The van der Waals surface area contributed by atoms with Crippen molar-refractivity contribution < 1.29 is 9.53 Å². The van der Waals surface area contributed by atoms with Gasteiger partial charge in [0.1, 0.15) is 0 Å². The van der Waals surface area contributed by atoms with Gasteiger partial charge in [-0.2, -0.15) is 0 Å². The van der Waals surface area contributed by atoms with E-state index in [-0.39, 0.29) is 10.1 Å². The van der Waals surface area contributed by atoms with Crippen molar-refractivity contribution in [3.63, 3.8) is 0 Å². The minimum Gasteiger partial charge on any atom is -0.358 e. The van der Waals surface area contributed by atoms with Crippen LogP contribution in [0, 0.1) is 5.21 Å². The molecule has 1 heterocycles. The summed E-state index contributed by atoms with van der Waals surface area (Å²) in [7, 11) is 3.42. The normalized spacial score (nSPS) is 9.90. The first-order chi connectivity index (χ1) is 4.63. The van der Waals surface area contributed by atoms with Crippen LogP contribution >= 0.6 is 11.6 Å². The Kier molecular flexibility index (Phi) is 1.67. The van der Waals surface area contributed by atoms with E-state index in [0.29, 0.717) is 5.82 Å². The van der Waals surface area contributed by atoms with Crippen molar-refractivity contribution >= 4 is 17.4 Å². The molecule has 0 aliphatic carbocycles. The third-order valence-corrected chi connectivity index (χ3v) is 1.28. The van der Waals surface area contributed by atoms with Crippen LogP contribution in [-0.2, 0) is 0 Å². The number of hydrogen-bond acceptors (Lipinski definition) is 4. The van der Waals surface area contributed by atoms with E-state index >= 15 is 0 Å². The lowest BCUT2D eigenvalue weighted by Gasteiger charge is -2.00. The third-order valence-electron chi connectivity index (χ3n) is 0.970. The van der Waals surface area contributed by atoms with Gasteiger partial charge in [0, 0.05) is 14.1 Å². The van der Waals surface area contributed by atoms with Crippen LogP contribution in [0.3, 0.4) is 0 Å². The number of halogens is 1. The SMILES string of the molecule is CN(C)c1no[n+]([O-])c1Cl. The van der Waals surface area contributed by atoms with Gasteiger partial charge in [-0.25, -0.2) is 0 Å². The fraction of sp³-hybridized carbons (Fsp3) is 0.500. The summed E-state index contributed by atoms with van der Waals surface area (Å²) in [4.78, 5) is 1.73. The van der Waals surface area contributed by atoms with Crippen LogP contribution < -0.4 is 9.80 Å². The Morgan fingerprint density at radius 2 is 2.30 bits per heavy atom. The minimum atomic E-state index is -0.0509. The molecule has 0 amide bonds. The number of anilines is 1. The molecule has 1 aromatic rings. The van der Waals surface area contributed by atoms with Gasteiger partial charge in [0.05, 0.1) is 5.16 Å². The molecule has 10 heavy (non-hydrogen) atoms. The maximum atomic E-state index is 10.5. The van der Waals surface area contributed by atoms with E-state index in [1.165, 1.54) is 0 Å². The number of hydrogen-bond donors (Lipinski definition) is 0. The fourth-order valence-electron chi connectivity index (χ4n) is 0.497. The van der Waals surface area contributed by atoms with Crippen LogP contribution in [0.2, 0.25) is 5.15 Å². The molecule has 6 heteroatoms. The number of rotatable bonds is 1. The Labute approximate surface area is 62.3 Å². The summed E-state index contributed by atoms with van der Waals surface area (Å²) in [6.45, 7) is 0. The molecule has 56 valence electrons. The zero-order valence-electron chi connectivity index (χ0n) is 5.54. The first-order valence-electron chi connectivity index (χ1n) is 2.55. The van der Waals surface area contributed by atoms with Gasteiger partial charge < -0.3 is 10.1 Å². The third kappa shape index (κ3) is 0.995. The van der Waals surface area contributed by atoms with Crippen molar-refractivity contribution in [1.82, 2.24) is 5.16 Å². The molecule has 0 aliphatic heterocycles. The van der Waals surface area contributed by atoms with Gasteiger partial charge in [0.15, 0.2) is 0 Å². The molecule has 0 radical (unpaired) electrons. The second-order valence-corrected chi connectivity index (χ2v) is 2.30. The van der Waals surface area contributed by atoms with E-state index in [1.807, 2.05) is 0 Å². The van der Waals surface area contributed by atoms with E-state index in [2.05, 4.69) is 9.79 Å². The predicted octanol–water partition coefficient (Wildman–Crippen LogP) is 0.0274. The molecular weight excluding hydrogens is 158 g/mol. The maximum Gasteiger partial charge on any atom is 0.329 e. The minimum absolute atomic E-state index is 0.0509. The van der Waals surface area contributed by atoms with Crippen molar-refractivity contribution in [1.29, 1.82) is 0 Å². The van der Waals surface area contributed by atoms with Gasteiger partial charge in [0.25, 0.3) is 0 Å². The average molecular weight is 164 g/mol. The van der Waals surface area contributed by atoms with Crippen molar-refractivity contribution in [3.8, 4) is 0 Å². The smallest absolute Gasteiger partial charge is 0.329 e. The van der Waals surface area contributed by atoms with Crippen LogP contribution in [0.4, 0.5) is 5.82 Å². The lowest BCUT2D eigenvalue weighted by Crippen LogP contribution is -2.24. The number of aromatic nitrogens is 2. The molecule has 0 fully saturated rings. The zero-order chi connectivity index (χ0) is 7.72. The first kappa shape index (κ1) is 7.14. The van der Waals surface area contributed by atoms with E-state index in [1.54, 1.807) is 19.0 Å². The van der Waals surface area contributed by atoms with Gasteiger partial charge in [-0.1, -0.05) is 0 Å². The van der Waals surface area contributed by atoms with Gasteiger partial charge in [-0.05, 0) is 16.5 Å². The lowest BCUT2D eigenvalue weighted by molar-refractivity contribution is -0.800. The second kappa shape index (κ2) is 2.34. The summed E-state index contributed by atoms with van der Waals surface area (Å²) in [5.74, 6) is 0.330. The highest BCUT2D eigenvalue weighted by Gasteiger charge is 2.17. The van der Waals surface area contributed by atoms with E-state index in [0.717, 1.165) is 0 Å². The molecular formula is C4H6ClN3O2. The molecule has 0 saturated carbocycles. The predicted molar refractivity (Wildman–Crippen MR) is 34.8 cm³/mol. The summed E-state index contributed by atoms with van der Waals surface area (Å²) in [5.41, 5.74) is 0. The van der Waals surface area contributed by atoms with Crippen molar-refractivity contribution in [2.24, 2.45) is 0 Å². The van der Waals surface area contributed by atoms with Gasteiger partial charge in [0.2, 0.25) is 0 Å². The van der Waals surface area contributed by atoms with Crippen LogP contribution in [0.1, 0.15) is 0 Å². The van der Waals surface area contributed by atoms with Crippen LogP contribution in [0.5, 0.6) is 0 Å². The average Bonchev–Trinajstić information content (AvgIpc) is 2.14. The highest BCUT2D eigenvalue weighted by atomic mass is 35.5. The van der Waals surface area contributed by atoms with Gasteiger partial charge in [-0.3, -0.25) is 4.63 Å². The molecule has 0 atom stereocenters. The Balaban J connectivity index is 3.05. The summed E-state index contributed by atoms with van der Waals surface area (Å²) < 4.78 is 4.19. The quantitative estimate of drug-likeness (QED) is 0.548. The zero-order valence-corrected chi connectivity index (χ0v) is 6.29. The lowest BCUT2D eigenvalue weighted by atomic mass is 10.7. The largest absolute Gasteiger partial charge is 0.358 e. The topological polar surface area (TPSA) is 56.2 Å². The fourth-order valence-corrected chi connectivity index (χ4v) is 0.731. The van der Waals surface area contributed by atoms with Crippen molar-refractivity contribution in [2.75, 3.05) is 19.0 Å². The summed E-state index contributed by atoms with van der Waals surface area (Å²) in [6.07, 6.45) is 0. The maximum absolute atomic E-state index is 10.5. The van der Waals surface area contributed by atoms with Crippen LogP contribution in [0.25, 0.3) is 0 Å². The molecule has 0 aliphatic rings. The van der Waals surface area contributed by atoms with Crippen molar-refractivity contribution in [3.05, 3.63) is 10.4 Å². The van der Waals surface area contributed by atoms with E-state index < -0.39 is 0 Å². The molecule has 0 N–H and O–H groups in total. The van der Waals surface area contributed by atoms with E-state index in [9.17, 15) is 5.21 Å². The summed E-state index contributed by atoms with van der Waals surface area (Å²) in [6, 6.07) is 0. The first-order valence-corrected chi connectivity index (χ1v) is 2.93. The molecule has 0 aromatic carbocycles. The molecule has 0 unspecified atom stereocenters. The highest BCUT2D eigenvalue weighted by molar-refractivity contribution is 6.30. The molecule has 1 aromatic heterocycles. The number of nitrogens with zero attached hydrogens (tertiary/aromatic N) is 3. The van der Waals surface area contributed by atoms with E-state index in [4.69, 9.17) is 11.6 Å².